The molecular weight excluding hydrogens is 510 g/mol. The number of hydrogen-bond donors (Lipinski definition) is 0. The molecule has 0 spiro atoms. The average Bonchev–Trinajstić information content (AvgIpc) is 2.82. The highest BCUT2D eigenvalue weighted by atomic mass is 32.2. The van der Waals surface area contributed by atoms with E-state index in [2.05, 4.69) is 10.0 Å². The van der Waals surface area contributed by atoms with Gasteiger partial charge in [0.25, 0.3) is 20.2 Å². The first kappa shape index (κ1) is 28.1. The predicted molar refractivity (Wildman–Crippen MR) is 132 cm³/mol. The van der Waals surface area contributed by atoms with E-state index < -0.39 is 50.5 Å². The molecule has 0 radical (unpaired) electrons. The normalized spacial score (nSPS) is 24.7. The Hall–Kier alpha value is -2.51. The van der Waals surface area contributed by atoms with Crippen molar-refractivity contribution in [2.75, 3.05) is 19.1 Å². The van der Waals surface area contributed by atoms with Gasteiger partial charge in [0.1, 0.15) is 12.2 Å². The predicted octanol–water partition coefficient (Wildman–Crippen LogP) is 3.18. The standard InChI is InChI=1S/C23H29N3O8S2/c1-35(27,28)33-16-19-13-20(25-26-24)22(31-14-17-9-5-3-6-10-17)23(21(19)34-36(2,29)30)32-15-18-11-7-4-8-12-18/h3-12,19-23H,13-16H2,1-2H3/t19-,20+,21-,22+,23+/m0/s1. The monoisotopic (exact) mass is 539 g/mol. The summed E-state index contributed by atoms with van der Waals surface area (Å²) in [6, 6.07) is 17.7. The summed E-state index contributed by atoms with van der Waals surface area (Å²) in [5, 5.41) is 3.87. The molecule has 0 heterocycles. The molecule has 36 heavy (non-hydrogen) atoms. The zero-order chi connectivity index (χ0) is 26.2. The molecule has 13 heteroatoms. The largest absolute Gasteiger partial charge is 0.370 e. The van der Waals surface area contributed by atoms with E-state index in [-0.39, 0.29) is 26.2 Å². The molecule has 1 fully saturated rings. The smallest absolute Gasteiger partial charge is 0.264 e. The van der Waals surface area contributed by atoms with Crippen LogP contribution in [0.4, 0.5) is 0 Å². The summed E-state index contributed by atoms with van der Waals surface area (Å²) in [6.45, 7) is -0.152. The second-order valence-electron chi connectivity index (χ2n) is 8.54. The second-order valence-corrected chi connectivity index (χ2v) is 11.8. The lowest BCUT2D eigenvalue weighted by atomic mass is 9.80. The van der Waals surface area contributed by atoms with E-state index in [1.54, 1.807) is 0 Å². The fraction of sp³-hybridized carbons (Fsp3) is 0.478. The molecule has 1 aliphatic carbocycles. The van der Waals surface area contributed by atoms with Crippen LogP contribution < -0.4 is 0 Å². The molecule has 5 atom stereocenters. The van der Waals surface area contributed by atoms with Gasteiger partial charge in [0.2, 0.25) is 0 Å². The maximum Gasteiger partial charge on any atom is 0.264 e. The van der Waals surface area contributed by atoms with Crippen LogP contribution in [0, 0.1) is 5.92 Å². The van der Waals surface area contributed by atoms with Crippen molar-refractivity contribution in [1.82, 2.24) is 0 Å². The maximum atomic E-state index is 12.2. The zero-order valence-corrected chi connectivity index (χ0v) is 21.5. The summed E-state index contributed by atoms with van der Waals surface area (Å²) in [6.07, 6.45) is -1.22. The van der Waals surface area contributed by atoms with Gasteiger partial charge in [-0.3, -0.25) is 8.37 Å². The quantitative estimate of drug-likeness (QED) is 0.172. The number of rotatable bonds is 12. The highest BCUT2D eigenvalue weighted by Gasteiger charge is 2.48. The number of hydrogen-bond acceptors (Lipinski definition) is 9. The summed E-state index contributed by atoms with van der Waals surface area (Å²) in [7, 11) is -7.82. The van der Waals surface area contributed by atoms with Crippen molar-refractivity contribution >= 4 is 20.2 Å². The van der Waals surface area contributed by atoms with Gasteiger partial charge < -0.3 is 9.47 Å². The van der Waals surface area contributed by atoms with Gasteiger partial charge >= 0.3 is 0 Å². The Kier molecular flexibility index (Phi) is 9.85. The highest BCUT2D eigenvalue weighted by Crippen LogP contribution is 2.36. The first-order chi connectivity index (χ1) is 17.1. The van der Waals surface area contributed by atoms with E-state index >= 15 is 0 Å². The van der Waals surface area contributed by atoms with Crippen LogP contribution in [0.25, 0.3) is 10.4 Å². The van der Waals surface area contributed by atoms with Gasteiger partial charge in [0.05, 0.1) is 44.5 Å². The second kappa shape index (κ2) is 12.6. The van der Waals surface area contributed by atoms with Crippen molar-refractivity contribution in [3.05, 3.63) is 82.2 Å². The third-order valence-corrected chi connectivity index (χ3v) is 6.72. The van der Waals surface area contributed by atoms with E-state index in [4.69, 9.17) is 17.8 Å². The molecule has 3 rings (SSSR count). The van der Waals surface area contributed by atoms with E-state index in [0.717, 1.165) is 23.6 Å². The first-order valence-corrected chi connectivity index (χ1v) is 14.8. The first-order valence-electron chi connectivity index (χ1n) is 11.1. The number of azide groups is 1. The molecule has 11 nitrogen and oxygen atoms in total. The summed E-state index contributed by atoms with van der Waals surface area (Å²) in [5.41, 5.74) is 10.9. The van der Waals surface area contributed by atoms with Gasteiger partial charge in [-0.15, -0.1) is 0 Å². The Morgan fingerprint density at radius 1 is 0.833 bits per heavy atom. The molecule has 0 saturated heterocycles. The molecule has 0 bridgehead atoms. The molecule has 0 aliphatic heterocycles. The fourth-order valence-electron chi connectivity index (χ4n) is 4.07. The van der Waals surface area contributed by atoms with Crippen molar-refractivity contribution < 1.29 is 34.7 Å². The molecule has 0 N–H and O–H groups in total. The van der Waals surface area contributed by atoms with Crippen LogP contribution in [0.1, 0.15) is 17.5 Å². The maximum absolute atomic E-state index is 12.2. The van der Waals surface area contributed by atoms with Crippen LogP contribution in [0.15, 0.2) is 65.8 Å². The number of nitrogens with zero attached hydrogens (tertiary/aromatic N) is 3. The Balaban J connectivity index is 1.97. The van der Waals surface area contributed by atoms with Crippen LogP contribution in [0.5, 0.6) is 0 Å². The molecular formula is C23H29N3O8S2. The summed E-state index contributed by atoms with van der Waals surface area (Å²) in [4.78, 5) is 2.93. The Morgan fingerprint density at radius 3 is 1.83 bits per heavy atom. The van der Waals surface area contributed by atoms with Crippen molar-refractivity contribution in [2.45, 2.75) is 44.0 Å². The minimum Gasteiger partial charge on any atom is -0.370 e. The third kappa shape index (κ3) is 8.86. The van der Waals surface area contributed by atoms with Crippen LogP contribution in [0.3, 0.4) is 0 Å². The van der Waals surface area contributed by atoms with Gasteiger partial charge in [-0.25, -0.2) is 0 Å². The van der Waals surface area contributed by atoms with E-state index in [9.17, 15) is 22.4 Å². The molecule has 1 saturated carbocycles. The molecule has 0 unspecified atom stereocenters. The molecule has 2 aromatic carbocycles. The number of ether oxygens (including phenoxy) is 2. The summed E-state index contributed by atoms with van der Waals surface area (Å²) >= 11 is 0. The zero-order valence-electron chi connectivity index (χ0n) is 19.9. The summed E-state index contributed by atoms with van der Waals surface area (Å²) in [5.74, 6) is -0.790. The van der Waals surface area contributed by atoms with Gasteiger partial charge in [0.15, 0.2) is 0 Å². The molecule has 1 aliphatic rings. The Morgan fingerprint density at radius 2 is 1.36 bits per heavy atom. The molecule has 2 aromatic rings. The van der Waals surface area contributed by atoms with Gasteiger partial charge in [0, 0.05) is 10.8 Å². The topological polar surface area (TPSA) is 154 Å². The third-order valence-electron chi connectivity index (χ3n) is 5.59. The molecule has 0 amide bonds. The number of benzene rings is 2. The van der Waals surface area contributed by atoms with Crippen molar-refractivity contribution in [3.63, 3.8) is 0 Å². The van der Waals surface area contributed by atoms with Crippen molar-refractivity contribution in [3.8, 4) is 0 Å². The van der Waals surface area contributed by atoms with Crippen molar-refractivity contribution in [1.29, 1.82) is 0 Å². The van der Waals surface area contributed by atoms with E-state index in [1.807, 2.05) is 60.7 Å². The molecule has 0 aromatic heterocycles. The lowest BCUT2D eigenvalue weighted by Crippen LogP contribution is -2.57. The fourth-order valence-corrected chi connectivity index (χ4v) is 5.16. The Bertz CT molecular complexity index is 1240. The average molecular weight is 540 g/mol. The van der Waals surface area contributed by atoms with E-state index in [0.29, 0.717) is 0 Å². The van der Waals surface area contributed by atoms with E-state index in [1.165, 1.54) is 0 Å². The van der Waals surface area contributed by atoms with Gasteiger partial charge in [-0.2, -0.15) is 16.8 Å². The SMILES string of the molecule is CS(=O)(=O)OC[C@@H]1C[C@@H](N=[N+]=[N-])[C@@H](OCc2ccccc2)[C@H](OCc2ccccc2)[C@H]1OS(C)(=O)=O. The van der Waals surface area contributed by atoms with Gasteiger partial charge in [-0.1, -0.05) is 65.8 Å². The summed E-state index contributed by atoms with van der Waals surface area (Å²) < 4.78 is 70.5. The molecule has 196 valence electrons. The van der Waals surface area contributed by atoms with Crippen LogP contribution in [0.2, 0.25) is 0 Å². The highest BCUT2D eigenvalue weighted by molar-refractivity contribution is 7.86. The van der Waals surface area contributed by atoms with Crippen molar-refractivity contribution in [2.24, 2.45) is 11.0 Å². The minimum atomic E-state index is -3.99. The van der Waals surface area contributed by atoms with Crippen LogP contribution in [-0.2, 0) is 51.3 Å². The van der Waals surface area contributed by atoms with Crippen LogP contribution >= 0.6 is 0 Å². The van der Waals surface area contributed by atoms with Crippen LogP contribution in [-0.4, -0.2) is 60.3 Å². The Labute approximate surface area is 211 Å². The lowest BCUT2D eigenvalue weighted by molar-refractivity contribution is -0.168. The minimum absolute atomic E-state index is 0.0599. The lowest BCUT2D eigenvalue weighted by Gasteiger charge is -2.44. The van der Waals surface area contributed by atoms with Gasteiger partial charge in [-0.05, 0) is 23.1 Å².